The third-order valence-electron chi connectivity index (χ3n) is 5.23. The van der Waals surface area contributed by atoms with Gasteiger partial charge in [0.2, 0.25) is 0 Å². The van der Waals surface area contributed by atoms with E-state index in [9.17, 15) is 9.59 Å². The second-order valence-corrected chi connectivity index (χ2v) is 7.38. The van der Waals surface area contributed by atoms with Crippen LogP contribution in [0.1, 0.15) is 90.4 Å². The third-order valence-corrected chi connectivity index (χ3v) is 5.23. The number of rotatable bonds is 14. The number of carbonyl (C=O) groups is 2. The van der Waals surface area contributed by atoms with Gasteiger partial charge in [0.1, 0.15) is 0 Å². The number of hydrogen-bond acceptors (Lipinski definition) is 4. The summed E-state index contributed by atoms with van der Waals surface area (Å²) in [5.74, 6) is -1.35. The summed E-state index contributed by atoms with van der Waals surface area (Å²) in [5, 5.41) is 0. The molecule has 0 fully saturated rings. The van der Waals surface area contributed by atoms with E-state index in [1.165, 1.54) is 64.9 Å². The number of esters is 2. The normalized spacial score (nSPS) is 19.3. The Morgan fingerprint density at radius 2 is 1.23 bits per heavy atom. The molecule has 0 bridgehead atoms. The van der Waals surface area contributed by atoms with Crippen molar-refractivity contribution >= 4 is 11.9 Å². The minimum atomic E-state index is -0.394. The number of ether oxygens (including phenoxy) is 2. The summed E-state index contributed by atoms with van der Waals surface area (Å²) in [6.07, 6.45) is 19.0. The smallest absolute Gasteiger partial charge is 0.310 e. The predicted molar refractivity (Wildman–Crippen MR) is 105 cm³/mol. The van der Waals surface area contributed by atoms with E-state index in [4.69, 9.17) is 9.47 Å². The Kier molecular flexibility index (Phi) is 12.9. The summed E-state index contributed by atoms with van der Waals surface area (Å²) in [7, 11) is 1.37. The molecule has 0 spiro atoms. The van der Waals surface area contributed by atoms with Crippen LogP contribution in [0.25, 0.3) is 0 Å². The van der Waals surface area contributed by atoms with Gasteiger partial charge in [0.05, 0.1) is 25.6 Å². The van der Waals surface area contributed by atoms with Crippen LogP contribution >= 0.6 is 0 Å². The van der Waals surface area contributed by atoms with Gasteiger partial charge in [0, 0.05) is 0 Å². The van der Waals surface area contributed by atoms with E-state index in [1.54, 1.807) is 0 Å². The lowest BCUT2D eigenvalue weighted by Gasteiger charge is -2.24. The average molecular weight is 367 g/mol. The van der Waals surface area contributed by atoms with Gasteiger partial charge in [-0.1, -0.05) is 83.3 Å². The van der Waals surface area contributed by atoms with E-state index in [0.717, 1.165) is 12.8 Å². The number of carbonyl (C=O) groups excluding carboxylic acids is 2. The van der Waals surface area contributed by atoms with Crippen molar-refractivity contribution in [3.63, 3.8) is 0 Å². The predicted octanol–water partition coefficient (Wildman–Crippen LogP) is 5.60. The minimum Gasteiger partial charge on any atom is -0.469 e. The topological polar surface area (TPSA) is 52.6 Å². The molecular weight excluding hydrogens is 328 g/mol. The lowest BCUT2D eigenvalue weighted by Crippen LogP contribution is -2.33. The summed E-state index contributed by atoms with van der Waals surface area (Å²) in [4.78, 5) is 24.0. The minimum absolute atomic E-state index is 0.253. The summed E-state index contributed by atoms with van der Waals surface area (Å²) < 4.78 is 10.2. The maximum Gasteiger partial charge on any atom is 0.310 e. The molecule has 0 heterocycles. The molecule has 1 aliphatic rings. The Morgan fingerprint density at radius 1 is 0.769 bits per heavy atom. The Morgan fingerprint density at radius 3 is 1.73 bits per heavy atom. The van der Waals surface area contributed by atoms with E-state index in [2.05, 4.69) is 6.92 Å². The summed E-state index contributed by atoms with van der Waals surface area (Å²) in [5.41, 5.74) is 0. The zero-order valence-electron chi connectivity index (χ0n) is 16.8. The molecule has 1 aliphatic carbocycles. The lowest BCUT2D eigenvalue weighted by molar-refractivity contribution is -0.159. The zero-order valence-corrected chi connectivity index (χ0v) is 16.8. The van der Waals surface area contributed by atoms with Crippen LogP contribution in [-0.2, 0) is 19.1 Å². The highest BCUT2D eigenvalue weighted by Crippen LogP contribution is 2.28. The highest BCUT2D eigenvalue weighted by molar-refractivity contribution is 5.82. The Hall–Kier alpha value is -1.32. The fourth-order valence-electron chi connectivity index (χ4n) is 3.53. The molecule has 4 nitrogen and oxygen atoms in total. The van der Waals surface area contributed by atoms with Crippen molar-refractivity contribution in [3.8, 4) is 0 Å². The first-order chi connectivity index (χ1) is 12.7. The number of methoxy groups -OCH3 is 1. The van der Waals surface area contributed by atoms with Crippen molar-refractivity contribution < 1.29 is 19.1 Å². The Balaban J connectivity index is 2.02. The van der Waals surface area contributed by atoms with E-state index >= 15 is 0 Å². The van der Waals surface area contributed by atoms with Gasteiger partial charge < -0.3 is 9.47 Å². The van der Waals surface area contributed by atoms with Crippen LogP contribution in [0.3, 0.4) is 0 Å². The molecule has 1 rings (SSSR count). The molecule has 0 N–H and O–H groups in total. The summed E-state index contributed by atoms with van der Waals surface area (Å²) in [6, 6.07) is 0. The summed E-state index contributed by atoms with van der Waals surface area (Å²) >= 11 is 0. The highest BCUT2D eigenvalue weighted by atomic mass is 16.5. The molecule has 150 valence electrons. The third kappa shape index (κ3) is 9.40. The van der Waals surface area contributed by atoms with Crippen LogP contribution in [0.2, 0.25) is 0 Å². The van der Waals surface area contributed by atoms with Gasteiger partial charge in [0.15, 0.2) is 0 Å². The Labute approximate surface area is 159 Å². The van der Waals surface area contributed by atoms with Gasteiger partial charge in [-0.05, 0) is 19.3 Å². The monoisotopic (exact) mass is 366 g/mol. The molecule has 0 amide bonds. The molecule has 0 radical (unpaired) electrons. The molecule has 0 aliphatic heterocycles. The second kappa shape index (κ2) is 14.8. The van der Waals surface area contributed by atoms with Crippen molar-refractivity contribution in [1.82, 2.24) is 0 Å². The van der Waals surface area contributed by atoms with Crippen molar-refractivity contribution in [1.29, 1.82) is 0 Å². The molecule has 0 aromatic rings. The Bertz CT molecular complexity index is 416. The van der Waals surface area contributed by atoms with Crippen LogP contribution in [0, 0.1) is 11.8 Å². The number of unbranched alkanes of at least 4 members (excludes halogenated alkanes) is 10. The van der Waals surface area contributed by atoms with Gasteiger partial charge in [-0.3, -0.25) is 9.59 Å². The van der Waals surface area contributed by atoms with E-state index in [1.807, 2.05) is 12.2 Å². The van der Waals surface area contributed by atoms with Crippen LogP contribution in [0.4, 0.5) is 0 Å². The van der Waals surface area contributed by atoms with Gasteiger partial charge in [0.25, 0.3) is 0 Å². The van der Waals surface area contributed by atoms with Crippen molar-refractivity contribution in [2.24, 2.45) is 11.8 Å². The molecule has 0 saturated heterocycles. The maximum absolute atomic E-state index is 12.2. The summed E-state index contributed by atoms with van der Waals surface area (Å²) in [6.45, 7) is 2.71. The van der Waals surface area contributed by atoms with Crippen LogP contribution in [0.5, 0.6) is 0 Å². The quantitative estimate of drug-likeness (QED) is 0.228. The molecule has 0 saturated carbocycles. The molecule has 0 aromatic carbocycles. The average Bonchev–Trinajstić information content (AvgIpc) is 2.68. The molecule has 2 atom stereocenters. The van der Waals surface area contributed by atoms with E-state index < -0.39 is 5.92 Å². The van der Waals surface area contributed by atoms with Crippen molar-refractivity contribution in [2.75, 3.05) is 13.7 Å². The molecule has 2 unspecified atom stereocenters. The molecule has 0 aromatic heterocycles. The van der Waals surface area contributed by atoms with E-state index in [0.29, 0.717) is 19.4 Å². The van der Waals surface area contributed by atoms with Gasteiger partial charge in [-0.15, -0.1) is 0 Å². The standard InChI is InChI=1S/C22H38O4/c1-3-4-5-6-7-8-9-10-11-12-15-18-26-22(24)20-17-14-13-16-19(20)21(23)25-2/h13-14,19-20H,3-12,15-18H2,1-2H3. The van der Waals surface area contributed by atoms with E-state index in [-0.39, 0.29) is 17.9 Å². The van der Waals surface area contributed by atoms with Gasteiger partial charge in [-0.2, -0.15) is 0 Å². The first-order valence-electron chi connectivity index (χ1n) is 10.6. The molecule has 4 heteroatoms. The SMILES string of the molecule is CCCCCCCCCCCCCOC(=O)C1CC=CCC1C(=O)OC. The van der Waals surface area contributed by atoms with Gasteiger partial charge >= 0.3 is 11.9 Å². The molecular formula is C22H38O4. The maximum atomic E-state index is 12.2. The van der Waals surface area contributed by atoms with Crippen LogP contribution in [0.15, 0.2) is 12.2 Å². The van der Waals surface area contributed by atoms with Crippen LogP contribution in [-0.4, -0.2) is 25.7 Å². The second-order valence-electron chi connectivity index (χ2n) is 7.38. The van der Waals surface area contributed by atoms with Gasteiger partial charge in [-0.25, -0.2) is 0 Å². The fraction of sp³-hybridized carbons (Fsp3) is 0.818. The largest absolute Gasteiger partial charge is 0.469 e. The lowest BCUT2D eigenvalue weighted by atomic mass is 9.83. The highest BCUT2D eigenvalue weighted by Gasteiger charge is 2.35. The number of allylic oxidation sites excluding steroid dienone is 2. The zero-order chi connectivity index (χ0) is 19.0. The fourth-order valence-corrected chi connectivity index (χ4v) is 3.53. The first-order valence-corrected chi connectivity index (χ1v) is 10.6. The van der Waals surface area contributed by atoms with Crippen molar-refractivity contribution in [2.45, 2.75) is 90.4 Å². The van der Waals surface area contributed by atoms with Crippen LogP contribution < -0.4 is 0 Å². The molecule has 26 heavy (non-hydrogen) atoms. The first kappa shape index (κ1) is 22.7. The number of hydrogen-bond donors (Lipinski definition) is 0. The van der Waals surface area contributed by atoms with Crippen molar-refractivity contribution in [3.05, 3.63) is 12.2 Å².